The van der Waals surface area contributed by atoms with E-state index >= 15 is 0 Å². The summed E-state index contributed by atoms with van der Waals surface area (Å²) in [7, 11) is 0. The van der Waals surface area contributed by atoms with Crippen molar-refractivity contribution in [3.05, 3.63) is 53.5 Å². The van der Waals surface area contributed by atoms with E-state index < -0.39 is 5.91 Å². The second-order valence-electron chi connectivity index (χ2n) is 5.37. The van der Waals surface area contributed by atoms with Gasteiger partial charge in [-0.1, -0.05) is 6.07 Å². The molecule has 2 N–H and O–H groups in total. The van der Waals surface area contributed by atoms with Crippen LogP contribution in [0.2, 0.25) is 0 Å². The van der Waals surface area contributed by atoms with Crippen LogP contribution in [0.1, 0.15) is 35.0 Å². The average molecular weight is 313 g/mol. The monoisotopic (exact) mass is 313 g/mol. The van der Waals surface area contributed by atoms with Gasteiger partial charge in [-0.05, 0) is 56.2 Å². The molecule has 6 nitrogen and oxygen atoms in total. The molecule has 0 aliphatic carbocycles. The maximum Gasteiger partial charge on any atom is 0.307 e. The molecule has 23 heavy (non-hydrogen) atoms. The van der Waals surface area contributed by atoms with Crippen molar-refractivity contribution in [2.24, 2.45) is 5.10 Å². The van der Waals surface area contributed by atoms with E-state index in [9.17, 15) is 9.59 Å². The average Bonchev–Trinajstić information content (AvgIpc) is 2.97. The van der Waals surface area contributed by atoms with Gasteiger partial charge in [-0.3, -0.25) is 9.59 Å². The first kappa shape index (κ1) is 16.5. The summed E-state index contributed by atoms with van der Waals surface area (Å²) in [6.45, 7) is 5.61. The lowest BCUT2D eigenvalue weighted by atomic mass is 10.1. The highest BCUT2D eigenvalue weighted by Crippen LogP contribution is 2.14. The summed E-state index contributed by atoms with van der Waals surface area (Å²) in [4.78, 5) is 23.6. The molecular weight excluding hydrogens is 294 g/mol. The molecule has 0 bridgehead atoms. The zero-order chi connectivity index (χ0) is 16.8. The van der Waals surface area contributed by atoms with Crippen molar-refractivity contribution in [2.75, 3.05) is 5.32 Å². The fourth-order valence-electron chi connectivity index (χ4n) is 2.13. The van der Waals surface area contributed by atoms with E-state index in [2.05, 4.69) is 15.8 Å². The van der Waals surface area contributed by atoms with Crippen LogP contribution in [-0.4, -0.2) is 17.5 Å². The SMILES string of the molecule is C/C(CC(=O)Nc1cc(C)cc(C)c1)=N\NC(=O)c1ccco1. The molecule has 0 saturated heterocycles. The van der Waals surface area contributed by atoms with Gasteiger partial charge >= 0.3 is 5.91 Å². The summed E-state index contributed by atoms with van der Waals surface area (Å²) in [5.41, 5.74) is 5.75. The van der Waals surface area contributed by atoms with Gasteiger partial charge in [0.1, 0.15) is 0 Å². The van der Waals surface area contributed by atoms with Crippen molar-refractivity contribution < 1.29 is 14.0 Å². The number of hydrogen-bond donors (Lipinski definition) is 2. The number of carbonyl (C=O) groups is 2. The van der Waals surface area contributed by atoms with E-state index in [0.29, 0.717) is 5.71 Å². The van der Waals surface area contributed by atoms with Crippen molar-refractivity contribution in [1.29, 1.82) is 0 Å². The quantitative estimate of drug-likeness (QED) is 0.657. The molecule has 0 aliphatic rings. The van der Waals surface area contributed by atoms with Crippen LogP contribution in [-0.2, 0) is 4.79 Å². The molecule has 120 valence electrons. The lowest BCUT2D eigenvalue weighted by Crippen LogP contribution is -2.21. The minimum Gasteiger partial charge on any atom is -0.459 e. The maximum atomic E-state index is 12.0. The van der Waals surface area contributed by atoms with Gasteiger partial charge in [-0.25, -0.2) is 5.43 Å². The molecule has 1 heterocycles. The van der Waals surface area contributed by atoms with E-state index in [1.165, 1.54) is 12.3 Å². The van der Waals surface area contributed by atoms with Gasteiger partial charge in [0.15, 0.2) is 5.76 Å². The highest BCUT2D eigenvalue weighted by atomic mass is 16.3. The van der Waals surface area contributed by atoms with Gasteiger partial charge in [0.05, 0.1) is 12.7 Å². The van der Waals surface area contributed by atoms with E-state index in [0.717, 1.165) is 16.8 Å². The van der Waals surface area contributed by atoms with Gasteiger partial charge in [0, 0.05) is 11.4 Å². The molecule has 0 spiro atoms. The fourth-order valence-corrected chi connectivity index (χ4v) is 2.13. The molecule has 2 rings (SSSR count). The second-order valence-corrected chi connectivity index (χ2v) is 5.37. The minimum atomic E-state index is -0.455. The van der Waals surface area contributed by atoms with Gasteiger partial charge < -0.3 is 9.73 Å². The van der Waals surface area contributed by atoms with Crippen molar-refractivity contribution in [3.63, 3.8) is 0 Å². The molecular formula is C17H19N3O3. The highest BCUT2D eigenvalue weighted by Gasteiger charge is 2.09. The summed E-state index contributed by atoms with van der Waals surface area (Å²) in [6, 6.07) is 8.98. The van der Waals surface area contributed by atoms with Crippen molar-refractivity contribution >= 4 is 23.2 Å². The molecule has 0 aliphatic heterocycles. The maximum absolute atomic E-state index is 12.0. The highest BCUT2D eigenvalue weighted by molar-refractivity contribution is 6.06. The number of anilines is 1. The summed E-state index contributed by atoms with van der Waals surface area (Å²) in [6.07, 6.45) is 1.49. The minimum absolute atomic E-state index is 0.0887. The van der Waals surface area contributed by atoms with Crippen LogP contribution < -0.4 is 10.7 Å². The molecule has 0 atom stereocenters. The number of nitrogens with one attached hydrogen (secondary N) is 2. The van der Waals surface area contributed by atoms with Crippen LogP contribution in [0.4, 0.5) is 5.69 Å². The molecule has 0 radical (unpaired) electrons. The van der Waals surface area contributed by atoms with Gasteiger partial charge in [0.2, 0.25) is 5.91 Å². The second kappa shape index (κ2) is 7.40. The number of benzene rings is 1. The molecule has 1 aromatic carbocycles. The van der Waals surface area contributed by atoms with Crippen molar-refractivity contribution in [3.8, 4) is 0 Å². The summed E-state index contributed by atoms with van der Waals surface area (Å²) >= 11 is 0. The summed E-state index contributed by atoms with van der Waals surface area (Å²) in [5.74, 6) is -0.478. The standard InChI is InChI=1S/C17H19N3O3/c1-11-7-12(2)9-14(8-11)18-16(21)10-13(3)19-20-17(22)15-5-4-6-23-15/h4-9H,10H2,1-3H3,(H,18,21)(H,20,22)/b19-13+. The van der Waals surface area contributed by atoms with Gasteiger partial charge in [0.25, 0.3) is 0 Å². The van der Waals surface area contributed by atoms with Crippen LogP contribution in [0.3, 0.4) is 0 Å². The van der Waals surface area contributed by atoms with Gasteiger partial charge in [-0.15, -0.1) is 0 Å². The Kier molecular flexibility index (Phi) is 5.30. The molecule has 0 fully saturated rings. The van der Waals surface area contributed by atoms with E-state index in [1.54, 1.807) is 13.0 Å². The number of nitrogens with zero attached hydrogens (tertiary/aromatic N) is 1. The van der Waals surface area contributed by atoms with Crippen molar-refractivity contribution in [1.82, 2.24) is 5.43 Å². The largest absolute Gasteiger partial charge is 0.459 e. The Morgan fingerprint density at radius 3 is 2.48 bits per heavy atom. The van der Waals surface area contributed by atoms with Crippen LogP contribution in [0, 0.1) is 13.8 Å². The number of carbonyl (C=O) groups excluding carboxylic acids is 2. The normalized spacial score (nSPS) is 11.2. The first-order chi connectivity index (χ1) is 10.9. The van der Waals surface area contributed by atoms with E-state index in [4.69, 9.17) is 4.42 Å². The molecule has 1 aromatic heterocycles. The van der Waals surface area contributed by atoms with Crippen LogP contribution in [0.25, 0.3) is 0 Å². The van der Waals surface area contributed by atoms with Gasteiger partial charge in [-0.2, -0.15) is 5.10 Å². The topological polar surface area (TPSA) is 83.7 Å². The lowest BCUT2D eigenvalue weighted by Gasteiger charge is -2.07. The van der Waals surface area contributed by atoms with Crippen LogP contribution >= 0.6 is 0 Å². The Balaban J connectivity index is 1.89. The number of rotatable bonds is 5. The molecule has 0 unspecified atom stereocenters. The smallest absolute Gasteiger partial charge is 0.307 e. The number of furan rings is 1. The summed E-state index contributed by atoms with van der Waals surface area (Å²) in [5, 5.41) is 6.71. The Hall–Kier alpha value is -2.89. The molecule has 6 heteroatoms. The third kappa shape index (κ3) is 5.10. The molecule has 2 amide bonds. The first-order valence-corrected chi connectivity index (χ1v) is 7.19. The predicted molar refractivity (Wildman–Crippen MR) is 88.4 cm³/mol. The zero-order valence-electron chi connectivity index (χ0n) is 13.3. The summed E-state index contributed by atoms with van der Waals surface area (Å²) < 4.78 is 4.95. The third-order valence-corrected chi connectivity index (χ3v) is 3.02. The third-order valence-electron chi connectivity index (χ3n) is 3.02. The molecule has 0 saturated carbocycles. The Bertz CT molecular complexity index is 713. The Morgan fingerprint density at radius 1 is 1.17 bits per heavy atom. The first-order valence-electron chi connectivity index (χ1n) is 7.19. The number of hydrogen-bond acceptors (Lipinski definition) is 4. The predicted octanol–water partition coefficient (Wildman–Crippen LogP) is 3.03. The van der Waals surface area contributed by atoms with E-state index in [1.807, 2.05) is 32.0 Å². The van der Waals surface area contributed by atoms with Crippen LogP contribution in [0.5, 0.6) is 0 Å². The Labute approximate surface area is 134 Å². The number of hydrazone groups is 1. The van der Waals surface area contributed by atoms with E-state index in [-0.39, 0.29) is 18.1 Å². The Morgan fingerprint density at radius 2 is 1.87 bits per heavy atom. The molecule has 2 aromatic rings. The van der Waals surface area contributed by atoms with Crippen LogP contribution in [0.15, 0.2) is 46.1 Å². The zero-order valence-corrected chi connectivity index (χ0v) is 13.3. The number of amides is 2. The fraction of sp³-hybridized carbons (Fsp3) is 0.235. The number of aryl methyl sites for hydroxylation is 2. The van der Waals surface area contributed by atoms with Crippen molar-refractivity contribution in [2.45, 2.75) is 27.2 Å². The lowest BCUT2D eigenvalue weighted by molar-refractivity contribution is -0.115.